The Hall–Kier alpha value is -3.36. The average molecular weight is 488 g/mol. The van der Waals surface area contributed by atoms with Crippen molar-refractivity contribution in [3.63, 3.8) is 0 Å². The van der Waals surface area contributed by atoms with Gasteiger partial charge in [0.1, 0.15) is 17.3 Å². The molecule has 1 unspecified atom stereocenters. The van der Waals surface area contributed by atoms with Gasteiger partial charge in [0.05, 0.1) is 29.3 Å². The summed E-state index contributed by atoms with van der Waals surface area (Å²) in [4.78, 5) is 39.0. The van der Waals surface area contributed by atoms with Crippen LogP contribution in [0.1, 0.15) is 36.1 Å². The maximum Gasteiger partial charge on any atom is 0.308 e. The lowest BCUT2D eigenvalue weighted by atomic mass is 9.94. The molecule has 0 bridgehead atoms. The van der Waals surface area contributed by atoms with Crippen LogP contribution in [0.3, 0.4) is 0 Å². The first-order valence-electron chi connectivity index (χ1n) is 10.6. The number of ketones is 1. The number of hydrogen-bond acceptors (Lipinski definition) is 7. The smallest absolute Gasteiger partial charge is 0.308 e. The zero-order valence-corrected chi connectivity index (χ0v) is 20.1. The molecule has 0 spiro atoms. The lowest BCUT2D eigenvalue weighted by Crippen LogP contribution is -2.31. The van der Waals surface area contributed by atoms with Crippen LogP contribution in [-0.2, 0) is 19.1 Å². The number of methoxy groups -OCH3 is 2. The van der Waals surface area contributed by atoms with Gasteiger partial charge in [-0.2, -0.15) is 0 Å². The van der Waals surface area contributed by atoms with Gasteiger partial charge in [0, 0.05) is 27.2 Å². The third-order valence-electron chi connectivity index (χ3n) is 5.37. The molecule has 1 aliphatic heterocycles. The Morgan fingerprint density at radius 3 is 2.56 bits per heavy atom. The number of nitrogens with zero attached hydrogens (tertiary/aromatic N) is 1. The van der Waals surface area contributed by atoms with Gasteiger partial charge in [0.25, 0.3) is 11.7 Å². The van der Waals surface area contributed by atoms with Gasteiger partial charge in [-0.3, -0.25) is 14.4 Å². The summed E-state index contributed by atoms with van der Waals surface area (Å²) in [6, 6.07) is 8.87. The number of carbonyl (C=O) groups is 3. The van der Waals surface area contributed by atoms with Crippen LogP contribution < -0.4 is 9.47 Å². The van der Waals surface area contributed by atoms with E-state index in [0.29, 0.717) is 18.6 Å². The maximum atomic E-state index is 13.2. The number of aryl methyl sites for hydroxylation is 1. The van der Waals surface area contributed by atoms with Gasteiger partial charge in [0.15, 0.2) is 0 Å². The summed E-state index contributed by atoms with van der Waals surface area (Å²) in [6.07, 6.45) is 0.475. The molecule has 0 radical (unpaired) electrons. The van der Waals surface area contributed by atoms with Gasteiger partial charge in [-0.15, -0.1) is 0 Å². The van der Waals surface area contributed by atoms with E-state index in [1.807, 2.05) is 0 Å². The van der Waals surface area contributed by atoms with E-state index in [-0.39, 0.29) is 34.2 Å². The molecule has 2 aromatic carbocycles. The zero-order chi connectivity index (χ0) is 25.0. The molecule has 2 aromatic rings. The molecule has 1 aliphatic rings. The van der Waals surface area contributed by atoms with Crippen molar-refractivity contribution >= 4 is 35.0 Å². The van der Waals surface area contributed by atoms with E-state index < -0.39 is 29.5 Å². The lowest BCUT2D eigenvalue weighted by Gasteiger charge is -2.25. The minimum atomic E-state index is -0.920. The van der Waals surface area contributed by atoms with Crippen LogP contribution in [0.25, 0.3) is 5.76 Å². The molecule has 1 amide bonds. The van der Waals surface area contributed by atoms with E-state index in [1.165, 1.54) is 18.9 Å². The molecule has 9 heteroatoms. The molecule has 1 N–H and O–H groups in total. The Balaban J connectivity index is 2.23. The highest BCUT2D eigenvalue weighted by Crippen LogP contribution is 2.43. The number of Topliss-reactive ketones (excluding diaryl/α,β-unsaturated/α-hetero) is 1. The fourth-order valence-corrected chi connectivity index (χ4v) is 4.36. The van der Waals surface area contributed by atoms with Gasteiger partial charge in [-0.05, 0) is 48.7 Å². The first-order chi connectivity index (χ1) is 16.2. The molecule has 1 fully saturated rings. The topological polar surface area (TPSA) is 102 Å². The molecule has 1 atom stereocenters. The van der Waals surface area contributed by atoms with Crippen molar-refractivity contribution in [3.8, 4) is 11.5 Å². The SMILES string of the molecule is COCCCN1C(=O)C(=O)/C(=C(/O)c2cc(C)cc(Cl)c2OC)C1c1cccc(OC(C)=O)c1. The number of carbonyl (C=O) groups excluding carboxylic acids is 3. The predicted octanol–water partition coefficient (Wildman–Crippen LogP) is 4.04. The molecule has 0 aromatic heterocycles. The highest BCUT2D eigenvalue weighted by molar-refractivity contribution is 6.46. The van der Waals surface area contributed by atoms with Crippen molar-refractivity contribution in [2.24, 2.45) is 0 Å². The normalized spacial score (nSPS) is 17.2. The Morgan fingerprint density at radius 1 is 1.18 bits per heavy atom. The van der Waals surface area contributed by atoms with Crippen molar-refractivity contribution in [1.82, 2.24) is 4.90 Å². The monoisotopic (exact) mass is 487 g/mol. The molecular weight excluding hydrogens is 462 g/mol. The van der Waals surface area contributed by atoms with Crippen molar-refractivity contribution in [2.45, 2.75) is 26.3 Å². The average Bonchev–Trinajstić information content (AvgIpc) is 3.03. The van der Waals surface area contributed by atoms with Crippen molar-refractivity contribution < 1.29 is 33.7 Å². The van der Waals surface area contributed by atoms with Crippen molar-refractivity contribution in [1.29, 1.82) is 0 Å². The summed E-state index contributed by atoms with van der Waals surface area (Å²) >= 11 is 6.30. The third kappa shape index (κ3) is 5.08. The van der Waals surface area contributed by atoms with E-state index in [2.05, 4.69) is 0 Å². The number of halogens is 1. The van der Waals surface area contributed by atoms with E-state index in [1.54, 1.807) is 50.4 Å². The minimum absolute atomic E-state index is 0.109. The van der Waals surface area contributed by atoms with Crippen molar-refractivity contribution in [2.75, 3.05) is 27.4 Å². The summed E-state index contributed by atoms with van der Waals surface area (Å²) in [6.45, 7) is 3.65. The summed E-state index contributed by atoms with van der Waals surface area (Å²) in [5, 5.41) is 11.6. The Kier molecular flexibility index (Phi) is 7.96. The molecule has 180 valence electrons. The van der Waals surface area contributed by atoms with Crippen LogP contribution in [0.4, 0.5) is 0 Å². The number of amides is 1. The van der Waals surface area contributed by atoms with Crippen LogP contribution in [0.15, 0.2) is 42.0 Å². The second-order valence-corrected chi connectivity index (χ2v) is 8.24. The minimum Gasteiger partial charge on any atom is -0.507 e. The second kappa shape index (κ2) is 10.7. The zero-order valence-electron chi connectivity index (χ0n) is 19.4. The first-order valence-corrected chi connectivity index (χ1v) is 11.0. The van der Waals surface area contributed by atoms with Crippen LogP contribution in [0.2, 0.25) is 5.02 Å². The molecule has 1 heterocycles. The number of aliphatic hydroxyl groups is 1. The second-order valence-electron chi connectivity index (χ2n) is 7.83. The van der Waals surface area contributed by atoms with Gasteiger partial charge in [-0.25, -0.2) is 0 Å². The molecule has 0 saturated carbocycles. The summed E-state index contributed by atoms with van der Waals surface area (Å²) in [5.41, 5.74) is 1.32. The highest BCUT2D eigenvalue weighted by atomic mass is 35.5. The number of ether oxygens (including phenoxy) is 3. The number of hydrogen-bond donors (Lipinski definition) is 1. The van der Waals surface area contributed by atoms with Gasteiger partial charge >= 0.3 is 5.97 Å². The van der Waals surface area contributed by atoms with Gasteiger partial charge < -0.3 is 24.2 Å². The van der Waals surface area contributed by atoms with Crippen LogP contribution in [-0.4, -0.2) is 55.0 Å². The maximum absolute atomic E-state index is 13.2. The first kappa shape index (κ1) is 25.3. The molecule has 0 aliphatic carbocycles. The Labute approximate surface area is 202 Å². The van der Waals surface area contributed by atoms with E-state index in [4.69, 9.17) is 25.8 Å². The number of benzene rings is 2. The molecule has 1 saturated heterocycles. The number of likely N-dealkylation sites (tertiary alicyclic amines) is 1. The van der Waals surface area contributed by atoms with Gasteiger partial charge in [-0.1, -0.05) is 23.7 Å². The van der Waals surface area contributed by atoms with Crippen LogP contribution in [0, 0.1) is 6.92 Å². The lowest BCUT2D eigenvalue weighted by molar-refractivity contribution is -0.140. The molecule has 8 nitrogen and oxygen atoms in total. The van der Waals surface area contributed by atoms with Crippen LogP contribution in [0.5, 0.6) is 11.5 Å². The summed E-state index contributed by atoms with van der Waals surface area (Å²) < 4.78 is 15.7. The van der Waals surface area contributed by atoms with Crippen molar-refractivity contribution in [3.05, 3.63) is 63.7 Å². The number of aliphatic hydroxyl groups excluding tert-OH is 1. The largest absolute Gasteiger partial charge is 0.507 e. The third-order valence-corrected chi connectivity index (χ3v) is 5.65. The van der Waals surface area contributed by atoms with Gasteiger partial charge in [0.2, 0.25) is 0 Å². The van der Waals surface area contributed by atoms with E-state index in [9.17, 15) is 19.5 Å². The Morgan fingerprint density at radius 2 is 1.91 bits per heavy atom. The Bertz CT molecular complexity index is 1160. The fraction of sp³-hybridized carbons (Fsp3) is 0.320. The summed E-state index contributed by atoms with van der Waals surface area (Å²) in [7, 11) is 2.94. The number of rotatable bonds is 8. The standard InChI is InChI=1S/C25H26ClNO7/c1-14-11-18(24(33-4)19(26)12-14)22(29)20-21(16-7-5-8-17(13-16)34-15(2)28)27(9-6-10-32-3)25(31)23(20)30/h5,7-8,11-13,21,29H,6,9-10H2,1-4H3/b22-20+. The van der Waals surface area contributed by atoms with Crippen LogP contribution >= 0.6 is 11.6 Å². The molecular formula is C25H26ClNO7. The van der Waals surface area contributed by atoms with E-state index in [0.717, 1.165) is 5.56 Å². The highest BCUT2D eigenvalue weighted by Gasteiger charge is 2.46. The summed E-state index contributed by atoms with van der Waals surface area (Å²) in [5.74, 6) is -2.06. The fourth-order valence-electron chi connectivity index (χ4n) is 4.01. The quantitative estimate of drug-likeness (QED) is 0.150. The number of esters is 1. The van der Waals surface area contributed by atoms with E-state index >= 15 is 0 Å². The molecule has 3 rings (SSSR count). The molecule has 34 heavy (non-hydrogen) atoms. The predicted molar refractivity (Wildman–Crippen MR) is 126 cm³/mol.